The molecule has 0 saturated carbocycles. The highest BCUT2D eigenvalue weighted by atomic mass is 35.5. The smallest absolute Gasteiger partial charge is 0.0453 e. The number of hydrogen-bond acceptors (Lipinski definition) is 1. The zero-order chi connectivity index (χ0) is 11.4. The van der Waals surface area contributed by atoms with Gasteiger partial charge in [-0.25, -0.2) is 0 Å². The first-order chi connectivity index (χ1) is 7.81. The van der Waals surface area contributed by atoms with E-state index >= 15 is 0 Å². The summed E-state index contributed by atoms with van der Waals surface area (Å²) in [5.41, 5.74) is 2.67. The van der Waals surface area contributed by atoms with Crippen molar-refractivity contribution < 1.29 is 0 Å². The Bertz CT molecular complexity index is 341. The summed E-state index contributed by atoms with van der Waals surface area (Å²) in [6.45, 7) is 3.31. The van der Waals surface area contributed by atoms with E-state index in [-0.39, 0.29) is 0 Å². The molecule has 1 unspecified atom stereocenters. The van der Waals surface area contributed by atoms with Crippen LogP contribution in [0.15, 0.2) is 18.2 Å². The van der Waals surface area contributed by atoms with Crippen molar-refractivity contribution in [2.45, 2.75) is 45.1 Å². The van der Waals surface area contributed by atoms with Crippen molar-refractivity contribution in [1.29, 1.82) is 0 Å². The monoisotopic (exact) mass is 237 g/mol. The Hall–Kier alpha value is -0.530. The van der Waals surface area contributed by atoms with Crippen molar-refractivity contribution in [1.82, 2.24) is 5.32 Å². The van der Waals surface area contributed by atoms with E-state index in [2.05, 4.69) is 24.4 Å². The van der Waals surface area contributed by atoms with Gasteiger partial charge in [-0.15, -0.1) is 0 Å². The summed E-state index contributed by atoms with van der Waals surface area (Å²) in [7, 11) is 0. The molecule has 1 aliphatic rings. The molecule has 0 spiro atoms. The number of aryl methyl sites for hydroxylation is 1. The van der Waals surface area contributed by atoms with E-state index in [1.165, 1.54) is 36.8 Å². The normalized spacial score (nSPS) is 21.8. The quantitative estimate of drug-likeness (QED) is 0.817. The molecule has 1 nitrogen and oxygen atoms in total. The number of benzene rings is 1. The van der Waals surface area contributed by atoms with Gasteiger partial charge in [0.05, 0.1) is 0 Å². The first kappa shape index (κ1) is 11.9. The molecule has 0 bridgehead atoms. The van der Waals surface area contributed by atoms with Gasteiger partial charge in [0.1, 0.15) is 0 Å². The summed E-state index contributed by atoms with van der Waals surface area (Å²) in [5, 5.41) is 4.52. The van der Waals surface area contributed by atoms with Gasteiger partial charge in [0.15, 0.2) is 0 Å². The lowest BCUT2D eigenvalue weighted by atomic mass is 9.99. The molecule has 1 saturated heterocycles. The Morgan fingerprint density at radius 1 is 1.31 bits per heavy atom. The minimum absolute atomic E-state index is 0.460. The molecule has 16 heavy (non-hydrogen) atoms. The van der Waals surface area contributed by atoms with Gasteiger partial charge in [0.2, 0.25) is 0 Å². The molecular weight excluding hydrogens is 218 g/mol. The minimum Gasteiger partial charge on any atom is -0.310 e. The summed E-state index contributed by atoms with van der Waals surface area (Å²) >= 11 is 6.30. The third-order valence-corrected chi connectivity index (χ3v) is 3.75. The standard InChI is InChI=1S/C14H20ClN/c1-2-11-7-8-13(15)12(10-11)14-6-4-3-5-9-16-14/h7-8,10,14,16H,2-6,9H2,1H3. The van der Waals surface area contributed by atoms with Crippen molar-refractivity contribution in [2.75, 3.05) is 6.54 Å². The van der Waals surface area contributed by atoms with E-state index in [4.69, 9.17) is 11.6 Å². The van der Waals surface area contributed by atoms with Crippen LogP contribution >= 0.6 is 11.6 Å². The number of nitrogens with one attached hydrogen (secondary N) is 1. The maximum absolute atomic E-state index is 6.30. The van der Waals surface area contributed by atoms with Crippen LogP contribution in [0.25, 0.3) is 0 Å². The van der Waals surface area contributed by atoms with E-state index in [9.17, 15) is 0 Å². The topological polar surface area (TPSA) is 12.0 Å². The highest BCUT2D eigenvalue weighted by molar-refractivity contribution is 6.31. The van der Waals surface area contributed by atoms with Gasteiger partial charge in [-0.1, -0.05) is 43.5 Å². The third-order valence-electron chi connectivity index (χ3n) is 3.40. The lowest BCUT2D eigenvalue weighted by Crippen LogP contribution is -2.20. The molecule has 1 atom stereocenters. The molecule has 1 aromatic carbocycles. The summed E-state index contributed by atoms with van der Waals surface area (Å²) in [4.78, 5) is 0. The lowest BCUT2D eigenvalue weighted by molar-refractivity contribution is 0.534. The molecule has 0 amide bonds. The summed E-state index contributed by atoms with van der Waals surface area (Å²) in [6.07, 6.45) is 6.24. The maximum atomic E-state index is 6.30. The van der Waals surface area contributed by atoms with Crippen LogP contribution in [-0.2, 0) is 6.42 Å². The van der Waals surface area contributed by atoms with Gasteiger partial charge in [-0.05, 0) is 43.0 Å². The predicted molar refractivity (Wildman–Crippen MR) is 70.0 cm³/mol. The van der Waals surface area contributed by atoms with Crippen LogP contribution in [0.2, 0.25) is 5.02 Å². The van der Waals surface area contributed by atoms with Crippen LogP contribution in [0.5, 0.6) is 0 Å². The van der Waals surface area contributed by atoms with E-state index in [1.807, 2.05) is 6.07 Å². The molecule has 1 N–H and O–H groups in total. The van der Waals surface area contributed by atoms with E-state index in [1.54, 1.807) is 0 Å². The predicted octanol–water partition coefficient (Wildman–Crippen LogP) is 4.11. The minimum atomic E-state index is 0.460. The molecule has 2 heteroatoms. The number of hydrogen-bond donors (Lipinski definition) is 1. The first-order valence-corrected chi connectivity index (χ1v) is 6.70. The highest BCUT2D eigenvalue weighted by Crippen LogP contribution is 2.29. The van der Waals surface area contributed by atoms with Crippen molar-refractivity contribution in [3.63, 3.8) is 0 Å². The fraction of sp³-hybridized carbons (Fsp3) is 0.571. The molecule has 1 fully saturated rings. The van der Waals surface area contributed by atoms with E-state index in [0.717, 1.165) is 18.0 Å². The Kier molecular flexibility index (Phi) is 4.25. The number of rotatable bonds is 2. The van der Waals surface area contributed by atoms with Crippen molar-refractivity contribution in [2.24, 2.45) is 0 Å². The Morgan fingerprint density at radius 2 is 2.19 bits per heavy atom. The molecule has 0 aliphatic carbocycles. The summed E-state index contributed by atoms with van der Waals surface area (Å²) < 4.78 is 0. The van der Waals surface area contributed by atoms with E-state index < -0.39 is 0 Å². The van der Waals surface area contributed by atoms with Gasteiger partial charge < -0.3 is 5.32 Å². The second-order valence-corrected chi connectivity index (χ2v) is 4.97. The van der Waals surface area contributed by atoms with Gasteiger partial charge in [-0.3, -0.25) is 0 Å². The molecule has 0 radical (unpaired) electrons. The average Bonchev–Trinajstić information content (AvgIpc) is 2.58. The molecule has 1 aromatic rings. The maximum Gasteiger partial charge on any atom is 0.0453 e. The average molecular weight is 238 g/mol. The molecule has 1 heterocycles. The number of halogens is 1. The SMILES string of the molecule is CCc1ccc(Cl)c(C2CCCCCN2)c1. The molecule has 2 rings (SSSR count). The molecule has 1 aliphatic heterocycles. The van der Waals surface area contributed by atoms with Gasteiger partial charge in [-0.2, -0.15) is 0 Å². The zero-order valence-electron chi connectivity index (χ0n) is 9.93. The fourth-order valence-electron chi connectivity index (χ4n) is 2.37. The van der Waals surface area contributed by atoms with Crippen molar-refractivity contribution in [3.8, 4) is 0 Å². The fourth-order valence-corrected chi connectivity index (χ4v) is 2.62. The summed E-state index contributed by atoms with van der Waals surface area (Å²) in [5.74, 6) is 0. The van der Waals surface area contributed by atoms with Crippen LogP contribution in [0.3, 0.4) is 0 Å². The molecular formula is C14H20ClN. The third kappa shape index (κ3) is 2.78. The Labute approximate surface area is 103 Å². The van der Waals surface area contributed by atoms with Crippen LogP contribution in [0.1, 0.15) is 49.8 Å². The largest absolute Gasteiger partial charge is 0.310 e. The zero-order valence-corrected chi connectivity index (χ0v) is 10.7. The summed E-state index contributed by atoms with van der Waals surface area (Å²) in [6, 6.07) is 6.90. The molecule has 88 valence electrons. The van der Waals surface area contributed by atoms with Crippen LogP contribution in [0.4, 0.5) is 0 Å². The van der Waals surface area contributed by atoms with Crippen molar-refractivity contribution >= 4 is 11.6 Å². The second-order valence-electron chi connectivity index (χ2n) is 4.57. The van der Waals surface area contributed by atoms with Gasteiger partial charge in [0, 0.05) is 11.1 Å². The Balaban J connectivity index is 2.22. The molecule has 0 aromatic heterocycles. The Morgan fingerprint density at radius 3 is 3.00 bits per heavy atom. The lowest BCUT2D eigenvalue weighted by Gasteiger charge is -2.18. The van der Waals surface area contributed by atoms with Crippen molar-refractivity contribution in [3.05, 3.63) is 34.3 Å². The van der Waals surface area contributed by atoms with Gasteiger partial charge in [0.25, 0.3) is 0 Å². The van der Waals surface area contributed by atoms with E-state index in [0.29, 0.717) is 6.04 Å². The second kappa shape index (κ2) is 5.70. The van der Waals surface area contributed by atoms with Crippen LogP contribution in [-0.4, -0.2) is 6.54 Å². The van der Waals surface area contributed by atoms with Crippen LogP contribution < -0.4 is 5.32 Å². The van der Waals surface area contributed by atoms with Crippen LogP contribution in [0, 0.1) is 0 Å². The highest BCUT2D eigenvalue weighted by Gasteiger charge is 2.16. The van der Waals surface area contributed by atoms with Gasteiger partial charge >= 0.3 is 0 Å². The first-order valence-electron chi connectivity index (χ1n) is 6.33.